The largest absolute Gasteiger partial charge is 0.399 e. The zero-order valence-corrected chi connectivity index (χ0v) is 9.73. The molecule has 1 aromatic rings. The van der Waals surface area contributed by atoms with Gasteiger partial charge in [0.2, 0.25) is 0 Å². The number of carbonyl (C=O) groups excluding carboxylic acids is 1. The number of aromatic nitrogens is 1. The molecular formula is C11H18N4O. The van der Waals surface area contributed by atoms with Crippen LogP contribution in [0.2, 0.25) is 0 Å². The molecular weight excluding hydrogens is 204 g/mol. The summed E-state index contributed by atoms with van der Waals surface area (Å²) in [6.45, 7) is 4.47. The molecule has 0 fully saturated rings. The van der Waals surface area contributed by atoms with Crippen molar-refractivity contribution in [3.8, 4) is 0 Å². The summed E-state index contributed by atoms with van der Waals surface area (Å²) in [5, 5.41) is 2.79. The first-order valence-electron chi connectivity index (χ1n) is 5.31. The van der Waals surface area contributed by atoms with Gasteiger partial charge in [0.15, 0.2) is 0 Å². The van der Waals surface area contributed by atoms with Crippen LogP contribution >= 0.6 is 0 Å². The SMILES string of the molecule is CCN(C)CCNC(=O)c1cc(N)ccn1. The Kier molecular flexibility index (Phi) is 4.72. The third kappa shape index (κ3) is 3.86. The maximum atomic E-state index is 11.6. The van der Waals surface area contributed by atoms with Crippen LogP contribution in [0.25, 0.3) is 0 Å². The standard InChI is InChI=1S/C11H18N4O/c1-3-15(2)7-6-14-11(16)10-8-9(12)4-5-13-10/h4-5,8H,3,6-7H2,1-2H3,(H2,12,13)(H,14,16). The van der Waals surface area contributed by atoms with Gasteiger partial charge in [0, 0.05) is 25.0 Å². The molecule has 1 heterocycles. The lowest BCUT2D eigenvalue weighted by Gasteiger charge is -2.13. The lowest BCUT2D eigenvalue weighted by Crippen LogP contribution is -2.33. The molecule has 0 radical (unpaired) electrons. The summed E-state index contributed by atoms with van der Waals surface area (Å²) in [5.74, 6) is -0.184. The highest BCUT2D eigenvalue weighted by Gasteiger charge is 2.06. The number of nitrogens with one attached hydrogen (secondary N) is 1. The van der Waals surface area contributed by atoms with Crippen molar-refractivity contribution in [1.82, 2.24) is 15.2 Å². The van der Waals surface area contributed by atoms with E-state index in [0.717, 1.165) is 13.1 Å². The third-order valence-electron chi connectivity index (χ3n) is 2.34. The number of likely N-dealkylation sites (N-methyl/N-ethyl adjacent to an activating group) is 1. The fourth-order valence-corrected chi connectivity index (χ4v) is 1.18. The Balaban J connectivity index is 2.41. The summed E-state index contributed by atoms with van der Waals surface area (Å²) in [6, 6.07) is 3.22. The summed E-state index contributed by atoms with van der Waals surface area (Å²) >= 11 is 0. The van der Waals surface area contributed by atoms with E-state index in [1.54, 1.807) is 12.1 Å². The van der Waals surface area contributed by atoms with Gasteiger partial charge in [0.25, 0.3) is 5.91 Å². The summed E-state index contributed by atoms with van der Waals surface area (Å²) in [7, 11) is 2.00. The van der Waals surface area contributed by atoms with Crippen LogP contribution in [-0.4, -0.2) is 42.5 Å². The average molecular weight is 222 g/mol. The Hall–Kier alpha value is -1.62. The van der Waals surface area contributed by atoms with E-state index >= 15 is 0 Å². The van der Waals surface area contributed by atoms with Crippen LogP contribution in [0.15, 0.2) is 18.3 Å². The van der Waals surface area contributed by atoms with E-state index in [-0.39, 0.29) is 5.91 Å². The summed E-state index contributed by atoms with van der Waals surface area (Å²) < 4.78 is 0. The third-order valence-corrected chi connectivity index (χ3v) is 2.34. The monoisotopic (exact) mass is 222 g/mol. The predicted octanol–water partition coefficient (Wildman–Crippen LogP) is 0.345. The summed E-state index contributed by atoms with van der Waals surface area (Å²) in [6.07, 6.45) is 1.53. The van der Waals surface area contributed by atoms with Crippen molar-refractivity contribution in [1.29, 1.82) is 0 Å². The minimum atomic E-state index is -0.184. The number of anilines is 1. The molecule has 0 aliphatic rings. The highest BCUT2D eigenvalue weighted by atomic mass is 16.1. The van der Waals surface area contributed by atoms with Gasteiger partial charge in [-0.15, -0.1) is 0 Å². The number of nitrogens with two attached hydrogens (primary N) is 1. The normalized spacial score (nSPS) is 10.4. The first-order valence-corrected chi connectivity index (χ1v) is 5.31. The van der Waals surface area contributed by atoms with E-state index in [4.69, 9.17) is 5.73 Å². The van der Waals surface area contributed by atoms with Gasteiger partial charge in [0.1, 0.15) is 5.69 Å². The minimum absolute atomic E-state index is 0.184. The molecule has 0 bridgehead atoms. The van der Waals surface area contributed by atoms with Crippen molar-refractivity contribution in [2.45, 2.75) is 6.92 Å². The fourth-order valence-electron chi connectivity index (χ4n) is 1.18. The van der Waals surface area contributed by atoms with E-state index in [0.29, 0.717) is 17.9 Å². The van der Waals surface area contributed by atoms with Gasteiger partial charge < -0.3 is 16.0 Å². The Labute approximate surface area is 95.7 Å². The van der Waals surface area contributed by atoms with Gasteiger partial charge in [-0.2, -0.15) is 0 Å². The lowest BCUT2D eigenvalue weighted by atomic mass is 10.3. The van der Waals surface area contributed by atoms with Gasteiger partial charge in [-0.25, -0.2) is 0 Å². The maximum absolute atomic E-state index is 11.6. The van der Waals surface area contributed by atoms with Crippen molar-refractivity contribution in [3.63, 3.8) is 0 Å². The van der Waals surface area contributed by atoms with Gasteiger partial charge >= 0.3 is 0 Å². The second kappa shape index (κ2) is 6.07. The van der Waals surface area contributed by atoms with Crippen LogP contribution in [-0.2, 0) is 0 Å². The first-order chi connectivity index (χ1) is 7.63. The topological polar surface area (TPSA) is 71.2 Å². The van der Waals surface area contributed by atoms with Crippen molar-refractivity contribution in [2.75, 3.05) is 32.4 Å². The van der Waals surface area contributed by atoms with Crippen molar-refractivity contribution in [3.05, 3.63) is 24.0 Å². The lowest BCUT2D eigenvalue weighted by molar-refractivity contribution is 0.0945. The number of hydrogen-bond donors (Lipinski definition) is 2. The quantitative estimate of drug-likeness (QED) is 0.754. The smallest absolute Gasteiger partial charge is 0.269 e. The van der Waals surface area contributed by atoms with Gasteiger partial charge in [0.05, 0.1) is 0 Å². The van der Waals surface area contributed by atoms with Crippen LogP contribution in [0, 0.1) is 0 Å². The van der Waals surface area contributed by atoms with E-state index in [2.05, 4.69) is 22.1 Å². The molecule has 0 atom stereocenters. The molecule has 88 valence electrons. The number of amides is 1. The second-order valence-corrected chi connectivity index (χ2v) is 3.63. The van der Waals surface area contributed by atoms with Gasteiger partial charge in [-0.1, -0.05) is 6.92 Å². The van der Waals surface area contributed by atoms with Gasteiger partial charge in [-0.05, 0) is 25.7 Å². The van der Waals surface area contributed by atoms with Crippen LogP contribution in [0.5, 0.6) is 0 Å². The molecule has 1 aromatic heterocycles. The average Bonchev–Trinajstić information content (AvgIpc) is 2.28. The Morgan fingerprint density at radius 3 is 3.00 bits per heavy atom. The number of nitrogens with zero attached hydrogens (tertiary/aromatic N) is 2. The minimum Gasteiger partial charge on any atom is -0.399 e. The number of carbonyl (C=O) groups is 1. The Morgan fingerprint density at radius 2 is 2.38 bits per heavy atom. The van der Waals surface area contributed by atoms with Crippen LogP contribution in [0.4, 0.5) is 5.69 Å². The van der Waals surface area contributed by atoms with Crippen molar-refractivity contribution in [2.24, 2.45) is 0 Å². The highest BCUT2D eigenvalue weighted by molar-refractivity contribution is 5.92. The molecule has 3 N–H and O–H groups in total. The van der Waals surface area contributed by atoms with Crippen molar-refractivity contribution >= 4 is 11.6 Å². The molecule has 0 saturated carbocycles. The molecule has 1 rings (SSSR count). The summed E-state index contributed by atoms with van der Waals surface area (Å²) in [4.78, 5) is 17.7. The Bertz CT molecular complexity index is 354. The zero-order valence-electron chi connectivity index (χ0n) is 9.73. The van der Waals surface area contributed by atoms with E-state index in [9.17, 15) is 4.79 Å². The molecule has 16 heavy (non-hydrogen) atoms. The van der Waals surface area contributed by atoms with Crippen LogP contribution < -0.4 is 11.1 Å². The van der Waals surface area contributed by atoms with Crippen LogP contribution in [0.1, 0.15) is 17.4 Å². The number of pyridine rings is 1. The summed E-state index contributed by atoms with van der Waals surface area (Å²) in [5.41, 5.74) is 6.47. The van der Waals surface area contributed by atoms with E-state index in [1.807, 2.05) is 7.05 Å². The molecule has 0 aliphatic heterocycles. The number of hydrogen-bond acceptors (Lipinski definition) is 4. The van der Waals surface area contributed by atoms with Gasteiger partial charge in [-0.3, -0.25) is 9.78 Å². The molecule has 0 unspecified atom stereocenters. The first kappa shape index (κ1) is 12.4. The molecule has 0 aromatic carbocycles. The Morgan fingerprint density at radius 1 is 1.62 bits per heavy atom. The molecule has 0 spiro atoms. The molecule has 5 nitrogen and oxygen atoms in total. The molecule has 0 aliphatic carbocycles. The van der Waals surface area contributed by atoms with Crippen LogP contribution in [0.3, 0.4) is 0 Å². The fraction of sp³-hybridized carbons (Fsp3) is 0.455. The molecule has 5 heteroatoms. The van der Waals surface area contributed by atoms with Crippen molar-refractivity contribution < 1.29 is 4.79 Å². The molecule has 1 amide bonds. The zero-order chi connectivity index (χ0) is 12.0. The van der Waals surface area contributed by atoms with E-state index < -0.39 is 0 Å². The predicted molar refractivity (Wildman–Crippen MR) is 64.2 cm³/mol. The number of rotatable bonds is 5. The maximum Gasteiger partial charge on any atom is 0.269 e. The molecule has 0 saturated heterocycles. The second-order valence-electron chi connectivity index (χ2n) is 3.63. The van der Waals surface area contributed by atoms with E-state index in [1.165, 1.54) is 6.20 Å². The highest BCUT2D eigenvalue weighted by Crippen LogP contribution is 2.02. The number of nitrogen functional groups attached to an aromatic ring is 1.